The Hall–Kier alpha value is -1.28. The molecule has 6 nitrogen and oxygen atoms in total. The summed E-state index contributed by atoms with van der Waals surface area (Å²) in [6.45, 7) is 2.41. The van der Waals surface area contributed by atoms with Crippen LogP contribution in [0.5, 0.6) is 5.75 Å². The van der Waals surface area contributed by atoms with Crippen molar-refractivity contribution in [2.45, 2.75) is 25.6 Å². The van der Waals surface area contributed by atoms with Crippen LogP contribution in [-0.2, 0) is 14.3 Å². The first-order valence-corrected chi connectivity index (χ1v) is 8.16. The molecule has 0 amide bonds. The van der Waals surface area contributed by atoms with Crippen molar-refractivity contribution < 1.29 is 29.2 Å². The number of hydrogen-bond donors (Lipinski definition) is 3. The zero-order valence-corrected chi connectivity index (χ0v) is 14.1. The summed E-state index contributed by atoms with van der Waals surface area (Å²) in [5.41, 5.74) is 0.569. The molecule has 1 aromatic carbocycles. The zero-order chi connectivity index (χ0) is 17.1. The molecule has 7 heteroatoms. The lowest BCUT2D eigenvalue weighted by molar-refractivity contribution is -0.142. The monoisotopic (exact) mass is 344 g/mol. The summed E-state index contributed by atoms with van der Waals surface area (Å²) in [4.78, 5) is 11.1. The highest BCUT2D eigenvalue weighted by Gasteiger charge is 2.24. The highest BCUT2D eigenvalue weighted by atomic mass is 32.1. The summed E-state index contributed by atoms with van der Waals surface area (Å²) in [5.74, 6) is 0.0931. The molecule has 0 bridgehead atoms. The topological polar surface area (TPSA) is 85.2 Å². The third-order valence-electron chi connectivity index (χ3n) is 3.11. The summed E-state index contributed by atoms with van der Waals surface area (Å²) in [6, 6.07) is 7.03. The summed E-state index contributed by atoms with van der Waals surface area (Å²) in [6.07, 6.45) is -1.12. The Morgan fingerprint density at radius 3 is 2.70 bits per heavy atom. The zero-order valence-electron chi connectivity index (χ0n) is 13.2. The Kier molecular flexibility index (Phi) is 9.70. The van der Waals surface area contributed by atoms with Gasteiger partial charge in [0.15, 0.2) is 0 Å². The van der Waals surface area contributed by atoms with Crippen LogP contribution < -0.4 is 4.74 Å². The van der Waals surface area contributed by atoms with Crippen LogP contribution in [0.25, 0.3) is 0 Å². The van der Waals surface area contributed by atoms with Gasteiger partial charge < -0.3 is 24.4 Å². The molecule has 0 saturated carbocycles. The van der Waals surface area contributed by atoms with Gasteiger partial charge in [-0.3, -0.25) is 4.79 Å². The largest absolute Gasteiger partial charge is 0.491 e. The van der Waals surface area contributed by atoms with Gasteiger partial charge in [-0.15, -0.1) is 0 Å². The second-order valence-electron chi connectivity index (χ2n) is 4.72. The molecule has 0 spiro atoms. The number of ether oxygens (including phenoxy) is 3. The smallest absolute Gasteiger partial charge is 0.315 e. The normalized spacial score (nSPS) is 13.4. The first-order valence-electron chi connectivity index (χ1n) is 7.52. The molecule has 2 atom stereocenters. The first kappa shape index (κ1) is 19.8. The van der Waals surface area contributed by atoms with Gasteiger partial charge in [-0.05, 0) is 13.0 Å². The second-order valence-corrected chi connectivity index (χ2v) is 5.03. The number of aliphatic hydroxyl groups excluding tert-OH is 2. The van der Waals surface area contributed by atoms with E-state index in [0.29, 0.717) is 24.3 Å². The van der Waals surface area contributed by atoms with Crippen molar-refractivity contribution in [2.75, 3.05) is 32.2 Å². The van der Waals surface area contributed by atoms with Crippen molar-refractivity contribution in [1.29, 1.82) is 0 Å². The lowest BCUT2D eigenvalue weighted by Gasteiger charge is -2.24. The molecule has 0 aromatic heterocycles. The molecule has 0 aliphatic carbocycles. The standard InChI is InChI=1S/C16H24O6S/c1-2-20-14(7-9-22-15(18)11-23)16(19)12-5-3-4-6-13(12)21-10-8-17/h3-6,14,16-17,19,23H,2,7-11H2,1H3/t14-,16-/m0/s1. The van der Waals surface area contributed by atoms with Crippen LogP contribution in [-0.4, -0.2) is 54.5 Å². The maximum Gasteiger partial charge on any atom is 0.315 e. The molecule has 0 aliphatic heterocycles. The van der Waals surface area contributed by atoms with Crippen molar-refractivity contribution in [3.63, 3.8) is 0 Å². The number of carbonyl (C=O) groups is 1. The molecule has 1 aromatic rings. The maximum absolute atomic E-state index is 11.1. The van der Waals surface area contributed by atoms with Crippen LogP contribution in [0, 0.1) is 0 Å². The third kappa shape index (κ3) is 6.78. The Morgan fingerprint density at radius 2 is 2.04 bits per heavy atom. The average molecular weight is 344 g/mol. The molecular weight excluding hydrogens is 320 g/mol. The Balaban J connectivity index is 2.76. The fourth-order valence-electron chi connectivity index (χ4n) is 2.09. The predicted octanol–water partition coefficient (Wildman–Crippen LogP) is 1.36. The van der Waals surface area contributed by atoms with Crippen LogP contribution in [0.1, 0.15) is 25.0 Å². The number of carbonyl (C=O) groups excluding carboxylic acids is 1. The third-order valence-corrected chi connectivity index (χ3v) is 3.37. The van der Waals surface area contributed by atoms with Crippen LogP contribution in [0.4, 0.5) is 0 Å². The lowest BCUT2D eigenvalue weighted by atomic mass is 10.0. The summed E-state index contributed by atoms with van der Waals surface area (Å²) < 4.78 is 16.0. The van der Waals surface area contributed by atoms with Crippen LogP contribution in [0.3, 0.4) is 0 Å². The Morgan fingerprint density at radius 1 is 1.30 bits per heavy atom. The van der Waals surface area contributed by atoms with E-state index in [4.69, 9.17) is 19.3 Å². The van der Waals surface area contributed by atoms with Crippen LogP contribution in [0.15, 0.2) is 24.3 Å². The number of aliphatic hydroxyl groups is 2. The van der Waals surface area contributed by atoms with Gasteiger partial charge in [-0.1, -0.05) is 18.2 Å². The van der Waals surface area contributed by atoms with Gasteiger partial charge in [-0.25, -0.2) is 0 Å². The summed E-state index contributed by atoms with van der Waals surface area (Å²) in [7, 11) is 0. The molecule has 0 heterocycles. The Bertz CT molecular complexity index is 468. The van der Waals surface area contributed by atoms with E-state index in [-0.39, 0.29) is 25.6 Å². The highest BCUT2D eigenvalue weighted by molar-refractivity contribution is 7.81. The number of rotatable bonds is 11. The van der Waals surface area contributed by atoms with Crippen molar-refractivity contribution in [1.82, 2.24) is 0 Å². The van der Waals surface area contributed by atoms with Crippen molar-refractivity contribution >= 4 is 18.6 Å². The molecule has 0 saturated heterocycles. The first-order chi connectivity index (χ1) is 11.1. The van der Waals surface area contributed by atoms with Gasteiger partial charge in [-0.2, -0.15) is 12.6 Å². The van der Waals surface area contributed by atoms with E-state index in [1.54, 1.807) is 24.3 Å². The minimum atomic E-state index is -0.931. The second kappa shape index (κ2) is 11.3. The number of esters is 1. The Labute approximate surface area is 141 Å². The molecule has 23 heavy (non-hydrogen) atoms. The van der Waals surface area contributed by atoms with Gasteiger partial charge in [0.25, 0.3) is 0 Å². The van der Waals surface area contributed by atoms with E-state index in [2.05, 4.69) is 12.6 Å². The van der Waals surface area contributed by atoms with E-state index in [1.165, 1.54) is 0 Å². The van der Waals surface area contributed by atoms with Crippen molar-refractivity contribution in [2.24, 2.45) is 0 Å². The molecule has 0 aliphatic rings. The fourth-order valence-corrected chi connectivity index (χ4v) is 2.18. The fraction of sp³-hybridized carbons (Fsp3) is 0.562. The van der Waals surface area contributed by atoms with E-state index in [9.17, 15) is 9.90 Å². The van der Waals surface area contributed by atoms with E-state index in [0.717, 1.165) is 0 Å². The van der Waals surface area contributed by atoms with Gasteiger partial charge >= 0.3 is 5.97 Å². The molecule has 2 N–H and O–H groups in total. The molecule has 1 rings (SSSR count). The van der Waals surface area contributed by atoms with Gasteiger partial charge in [0.2, 0.25) is 0 Å². The number of para-hydroxylation sites is 1. The SMILES string of the molecule is CCO[C@@H](CCOC(=O)CS)[C@@H](O)c1ccccc1OCCO. The van der Waals surface area contributed by atoms with Crippen molar-refractivity contribution in [3.8, 4) is 5.75 Å². The van der Waals surface area contributed by atoms with Crippen LogP contribution in [0.2, 0.25) is 0 Å². The molecule has 0 fully saturated rings. The van der Waals surface area contributed by atoms with E-state index in [1.807, 2.05) is 6.92 Å². The molecule has 0 unspecified atom stereocenters. The van der Waals surface area contributed by atoms with E-state index < -0.39 is 18.2 Å². The molecule has 130 valence electrons. The number of hydrogen-bond acceptors (Lipinski definition) is 7. The minimum Gasteiger partial charge on any atom is -0.491 e. The number of thiol groups is 1. The van der Waals surface area contributed by atoms with Gasteiger partial charge in [0.05, 0.1) is 25.1 Å². The lowest BCUT2D eigenvalue weighted by Crippen LogP contribution is -2.25. The predicted molar refractivity (Wildman–Crippen MR) is 88.8 cm³/mol. The molecular formula is C16H24O6S. The highest BCUT2D eigenvalue weighted by Crippen LogP contribution is 2.29. The summed E-state index contributed by atoms with van der Waals surface area (Å²) in [5, 5.41) is 19.5. The van der Waals surface area contributed by atoms with Gasteiger partial charge in [0, 0.05) is 18.6 Å². The summed E-state index contributed by atoms with van der Waals surface area (Å²) >= 11 is 3.83. The minimum absolute atomic E-state index is 0.0136. The van der Waals surface area contributed by atoms with Gasteiger partial charge in [0.1, 0.15) is 18.5 Å². The number of benzene rings is 1. The van der Waals surface area contributed by atoms with E-state index >= 15 is 0 Å². The van der Waals surface area contributed by atoms with Crippen LogP contribution >= 0.6 is 12.6 Å². The average Bonchev–Trinajstić information content (AvgIpc) is 2.58. The maximum atomic E-state index is 11.1. The van der Waals surface area contributed by atoms with Crippen molar-refractivity contribution in [3.05, 3.63) is 29.8 Å². The quantitative estimate of drug-likeness (QED) is 0.415. The molecule has 0 radical (unpaired) electrons.